The van der Waals surface area contributed by atoms with Gasteiger partial charge in [0, 0.05) is 23.1 Å². The molecule has 1 atom stereocenters. The molecule has 0 amide bonds. The zero-order chi connectivity index (χ0) is 20.0. The maximum absolute atomic E-state index is 10.6. The fraction of sp³-hybridized carbons (Fsp3) is 0.250. The van der Waals surface area contributed by atoms with Gasteiger partial charge in [-0.2, -0.15) is 4.98 Å². The van der Waals surface area contributed by atoms with E-state index in [4.69, 9.17) is 10.7 Å². The summed E-state index contributed by atoms with van der Waals surface area (Å²) in [7, 11) is 0. The van der Waals surface area contributed by atoms with Crippen LogP contribution < -0.4 is 5.73 Å². The Morgan fingerprint density at radius 1 is 1.24 bits per heavy atom. The van der Waals surface area contributed by atoms with E-state index in [1.165, 1.54) is 17.7 Å². The van der Waals surface area contributed by atoms with Crippen LogP contribution in [0.4, 0.5) is 5.95 Å². The monoisotopic (exact) mass is 403 g/mol. The van der Waals surface area contributed by atoms with Crippen molar-refractivity contribution in [2.24, 2.45) is 0 Å². The number of aromatic nitrogens is 6. The summed E-state index contributed by atoms with van der Waals surface area (Å²) >= 11 is 1.37. The summed E-state index contributed by atoms with van der Waals surface area (Å²) in [5, 5.41) is 13.0. The predicted molar refractivity (Wildman–Crippen MR) is 109 cm³/mol. The first kappa shape index (κ1) is 17.7. The maximum Gasteiger partial charge on any atom is 0.240 e. The summed E-state index contributed by atoms with van der Waals surface area (Å²) in [6.07, 6.45) is 5.23. The molecule has 0 spiro atoms. The van der Waals surface area contributed by atoms with Gasteiger partial charge in [0.25, 0.3) is 0 Å². The van der Waals surface area contributed by atoms with Crippen LogP contribution in [0.1, 0.15) is 42.1 Å². The largest absolute Gasteiger partial charge is 0.371 e. The van der Waals surface area contributed by atoms with Crippen LogP contribution in [-0.4, -0.2) is 34.6 Å². The Bertz CT molecular complexity index is 1260. The lowest BCUT2D eigenvalue weighted by Gasteiger charge is -2.11. The van der Waals surface area contributed by atoms with Gasteiger partial charge in [0.05, 0.1) is 11.0 Å². The van der Waals surface area contributed by atoms with Crippen LogP contribution in [0.5, 0.6) is 0 Å². The van der Waals surface area contributed by atoms with Gasteiger partial charge in [0.15, 0.2) is 5.60 Å². The molecule has 1 saturated carbocycles. The number of hydrogen-bond donors (Lipinski definition) is 2. The summed E-state index contributed by atoms with van der Waals surface area (Å²) in [5.74, 6) is 7.89. The average molecular weight is 403 g/mol. The molecule has 3 aromatic heterocycles. The van der Waals surface area contributed by atoms with E-state index < -0.39 is 5.60 Å². The van der Waals surface area contributed by atoms with E-state index >= 15 is 0 Å². The molecule has 0 saturated heterocycles. The van der Waals surface area contributed by atoms with Crippen LogP contribution in [0.2, 0.25) is 0 Å². The maximum atomic E-state index is 10.6. The zero-order valence-corrected chi connectivity index (χ0v) is 16.4. The van der Waals surface area contributed by atoms with E-state index in [2.05, 4.69) is 31.8 Å². The third-order valence-electron chi connectivity index (χ3n) is 4.70. The van der Waals surface area contributed by atoms with Gasteiger partial charge in [-0.3, -0.25) is 4.57 Å². The van der Waals surface area contributed by atoms with Crippen molar-refractivity contribution in [3.05, 3.63) is 52.5 Å². The van der Waals surface area contributed by atoms with E-state index in [0.29, 0.717) is 16.9 Å². The van der Waals surface area contributed by atoms with Crippen LogP contribution in [0.15, 0.2) is 36.1 Å². The minimum absolute atomic E-state index is 0.161. The number of nitrogen functional groups attached to an aromatic ring is 1. The zero-order valence-electron chi connectivity index (χ0n) is 15.6. The van der Waals surface area contributed by atoms with Gasteiger partial charge in [-0.05, 0) is 38.0 Å². The van der Waals surface area contributed by atoms with Crippen molar-refractivity contribution in [1.29, 1.82) is 0 Å². The number of hydrogen-bond acceptors (Lipinski definition) is 8. The molecule has 0 unspecified atom stereocenters. The lowest BCUT2D eigenvalue weighted by atomic mass is 10.1. The van der Waals surface area contributed by atoms with Crippen LogP contribution in [0.25, 0.3) is 17.0 Å². The molecule has 3 N–H and O–H groups in total. The number of aliphatic hydroxyl groups is 1. The highest BCUT2D eigenvalue weighted by Gasteiger charge is 2.31. The molecule has 1 fully saturated rings. The van der Waals surface area contributed by atoms with Crippen LogP contribution >= 0.6 is 11.3 Å². The molecule has 0 bridgehead atoms. The first-order chi connectivity index (χ1) is 14.0. The number of fused-ring (bicyclic) bond motifs is 1. The molecule has 29 heavy (non-hydrogen) atoms. The van der Waals surface area contributed by atoms with Crippen molar-refractivity contribution >= 4 is 28.3 Å². The molecule has 5 rings (SSSR count). The first-order valence-corrected chi connectivity index (χ1v) is 10.0. The van der Waals surface area contributed by atoms with E-state index in [1.807, 2.05) is 28.1 Å². The topological polar surface area (TPSA) is 116 Å². The number of imidazole rings is 1. The molecule has 9 heteroatoms. The van der Waals surface area contributed by atoms with Crippen molar-refractivity contribution in [3.63, 3.8) is 0 Å². The molecule has 1 aromatic carbocycles. The summed E-state index contributed by atoms with van der Waals surface area (Å²) in [4.78, 5) is 21.4. The van der Waals surface area contributed by atoms with E-state index in [1.54, 1.807) is 13.1 Å². The van der Waals surface area contributed by atoms with Crippen LogP contribution in [0, 0.1) is 11.8 Å². The Balaban J connectivity index is 1.62. The molecular formula is C20H17N7OS. The Kier molecular flexibility index (Phi) is 4.04. The Morgan fingerprint density at radius 2 is 2.10 bits per heavy atom. The standard InChI is InChI=1S/C20H17N7OS/c1-20(28,17-22-8-9-29-17)7-6-12-2-5-14-15(10-12)27(16(25-14)13-3-4-13)19-24-11-23-18(21)26-19/h2,5,8-11,13,28H,3-4H2,1H3,(H2,21,23,24,26)/t20-/m1/s1. The molecule has 144 valence electrons. The summed E-state index contributed by atoms with van der Waals surface area (Å²) in [6.45, 7) is 1.64. The van der Waals surface area contributed by atoms with Gasteiger partial charge in [0.2, 0.25) is 11.9 Å². The number of benzene rings is 1. The molecular weight excluding hydrogens is 386 g/mol. The van der Waals surface area contributed by atoms with E-state index in [9.17, 15) is 5.11 Å². The fourth-order valence-electron chi connectivity index (χ4n) is 3.12. The fourth-order valence-corrected chi connectivity index (χ4v) is 3.77. The Morgan fingerprint density at radius 3 is 2.83 bits per heavy atom. The smallest absolute Gasteiger partial charge is 0.240 e. The highest BCUT2D eigenvalue weighted by atomic mass is 32.1. The van der Waals surface area contributed by atoms with Crippen molar-refractivity contribution < 1.29 is 5.11 Å². The van der Waals surface area contributed by atoms with Crippen molar-refractivity contribution in [2.45, 2.75) is 31.3 Å². The lowest BCUT2D eigenvalue weighted by Crippen LogP contribution is -2.17. The van der Waals surface area contributed by atoms with Crippen LogP contribution in [-0.2, 0) is 5.60 Å². The quantitative estimate of drug-likeness (QED) is 0.505. The second kappa shape index (κ2) is 6.62. The van der Waals surface area contributed by atoms with Gasteiger partial charge in [-0.1, -0.05) is 11.8 Å². The van der Waals surface area contributed by atoms with Gasteiger partial charge in [-0.25, -0.2) is 19.9 Å². The van der Waals surface area contributed by atoms with Crippen LogP contribution in [0.3, 0.4) is 0 Å². The van der Waals surface area contributed by atoms with Gasteiger partial charge < -0.3 is 10.8 Å². The third kappa shape index (κ3) is 3.33. The number of anilines is 1. The predicted octanol–water partition coefficient (Wildman–Crippen LogP) is 2.39. The highest BCUT2D eigenvalue weighted by Crippen LogP contribution is 2.41. The van der Waals surface area contributed by atoms with Crippen molar-refractivity contribution in [2.75, 3.05) is 5.73 Å². The number of nitrogens with zero attached hydrogens (tertiary/aromatic N) is 6. The molecule has 0 aliphatic heterocycles. The highest BCUT2D eigenvalue weighted by molar-refractivity contribution is 7.09. The average Bonchev–Trinajstić information content (AvgIpc) is 3.25. The minimum atomic E-state index is -1.31. The molecule has 4 aromatic rings. The number of rotatable bonds is 3. The number of thiazole rings is 1. The van der Waals surface area contributed by atoms with Crippen molar-refractivity contribution in [3.8, 4) is 17.8 Å². The van der Waals surface area contributed by atoms with E-state index in [-0.39, 0.29) is 5.95 Å². The summed E-state index contributed by atoms with van der Waals surface area (Å²) in [5.41, 5.74) is 6.89. The Hall–Kier alpha value is -3.35. The van der Waals surface area contributed by atoms with E-state index in [0.717, 1.165) is 35.3 Å². The second-order valence-corrected chi connectivity index (χ2v) is 7.98. The Labute approximate surface area is 170 Å². The molecule has 8 nitrogen and oxygen atoms in total. The van der Waals surface area contributed by atoms with Gasteiger partial charge in [0.1, 0.15) is 17.2 Å². The molecule has 3 heterocycles. The van der Waals surface area contributed by atoms with Gasteiger partial charge in [-0.15, -0.1) is 11.3 Å². The number of nitrogens with two attached hydrogens (primary N) is 1. The van der Waals surface area contributed by atoms with Crippen molar-refractivity contribution in [1.82, 2.24) is 29.5 Å². The third-order valence-corrected chi connectivity index (χ3v) is 5.68. The summed E-state index contributed by atoms with van der Waals surface area (Å²) < 4.78 is 1.93. The molecule has 1 aliphatic rings. The summed E-state index contributed by atoms with van der Waals surface area (Å²) in [6, 6.07) is 5.74. The minimum Gasteiger partial charge on any atom is -0.371 e. The second-order valence-electron chi connectivity index (χ2n) is 7.09. The normalized spacial score (nSPS) is 15.7. The SMILES string of the molecule is C[C@@](O)(C#Cc1ccc2nc(C3CC3)n(-c3ncnc(N)n3)c2c1)c1nccs1. The first-order valence-electron chi connectivity index (χ1n) is 9.14. The van der Waals surface area contributed by atoms with Gasteiger partial charge >= 0.3 is 0 Å². The molecule has 1 aliphatic carbocycles. The lowest BCUT2D eigenvalue weighted by molar-refractivity contribution is 0.122. The molecule has 0 radical (unpaired) electrons.